The summed E-state index contributed by atoms with van der Waals surface area (Å²) in [5, 5.41) is 10.5. The van der Waals surface area contributed by atoms with Gasteiger partial charge in [0.05, 0.1) is 5.60 Å². The van der Waals surface area contributed by atoms with Crippen LogP contribution in [0.2, 0.25) is 0 Å². The molecule has 4 heteroatoms. The Hall–Kier alpha value is -0.160. The molecule has 0 aromatic rings. The van der Waals surface area contributed by atoms with Gasteiger partial charge in [0.25, 0.3) is 0 Å². The Morgan fingerprint density at radius 3 is 2.61 bits per heavy atom. The highest BCUT2D eigenvalue weighted by molar-refractivity contribution is 4.86. The van der Waals surface area contributed by atoms with E-state index in [4.69, 9.17) is 10.5 Å². The number of rotatable bonds is 4. The van der Waals surface area contributed by atoms with Gasteiger partial charge in [-0.05, 0) is 25.8 Å². The maximum absolute atomic E-state index is 10.5. The van der Waals surface area contributed by atoms with Crippen molar-refractivity contribution in [3.8, 4) is 0 Å². The lowest BCUT2D eigenvalue weighted by atomic mass is 9.84. The summed E-state index contributed by atoms with van der Waals surface area (Å²) >= 11 is 0. The lowest BCUT2D eigenvalue weighted by Gasteiger charge is -2.38. The summed E-state index contributed by atoms with van der Waals surface area (Å²) in [7, 11) is 2.11. The average Bonchev–Trinajstić information content (AvgIpc) is 2.32. The first-order valence-corrected chi connectivity index (χ1v) is 7.33. The lowest BCUT2D eigenvalue weighted by molar-refractivity contribution is -0.0786. The van der Waals surface area contributed by atoms with Gasteiger partial charge < -0.3 is 20.5 Å². The van der Waals surface area contributed by atoms with Crippen LogP contribution in [0.4, 0.5) is 0 Å². The van der Waals surface area contributed by atoms with Crippen LogP contribution in [-0.2, 0) is 4.74 Å². The van der Waals surface area contributed by atoms with Crippen LogP contribution in [0, 0.1) is 5.92 Å². The first kappa shape index (κ1) is 14.3. The maximum Gasteiger partial charge on any atom is 0.0817 e. The predicted molar refractivity (Wildman–Crippen MR) is 72.4 cm³/mol. The first-order chi connectivity index (χ1) is 8.59. The number of ether oxygens (including phenoxy) is 1. The fraction of sp³-hybridized carbons (Fsp3) is 1.00. The molecule has 0 spiro atoms. The Morgan fingerprint density at radius 1 is 1.28 bits per heavy atom. The molecule has 0 radical (unpaired) electrons. The Bertz CT molecular complexity index is 254. The zero-order valence-electron chi connectivity index (χ0n) is 11.6. The summed E-state index contributed by atoms with van der Waals surface area (Å²) in [5.41, 5.74) is 5.63. The second-order valence-electron chi connectivity index (χ2n) is 6.24. The molecule has 1 heterocycles. The van der Waals surface area contributed by atoms with Crippen LogP contribution in [-0.4, -0.2) is 55.0 Å². The highest BCUT2D eigenvalue weighted by Gasteiger charge is 2.32. The Kier molecular flexibility index (Phi) is 5.01. The number of likely N-dealkylation sites (N-methyl/N-ethyl adjacent to an activating group) is 1. The molecule has 106 valence electrons. The highest BCUT2D eigenvalue weighted by Crippen LogP contribution is 2.25. The predicted octanol–water partition coefficient (Wildman–Crippen LogP) is 0.977. The maximum atomic E-state index is 10.5. The molecule has 1 saturated carbocycles. The van der Waals surface area contributed by atoms with E-state index in [0.717, 1.165) is 32.4 Å². The molecular formula is C14H28N2O2. The van der Waals surface area contributed by atoms with Crippen molar-refractivity contribution in [3.63, 3.8) is 0 Å². The Morgan fingerprint density at radius 2 is 1.94 bits per heavy atom. The van der Waals surface area contributed by atoms with Gasteiger partial charge in [-0.25, -0.2) is 0 Å². The van der Waals surface area contributed by atoms with Gasteiger partial charge in [0.1, 0.15) is 0 Å². The van der Waals surface area contributed by atoms with E-state index in [1.54, 1.807) is 0 Å². The molecule has 2 atom stereocenters. The van der Waals surface area contributed by atoms with Gasteiger partial charge in [-0.3, -0.25) is 0 Å². The fourth-order valence-corrected chi connectivity index (χ4v) is 3.34. The third kappa shape index (κ3) is 3.92. The van der Waals surface area contributed by atoms with Crippen LogP contribution < -0.4 is 5.73 Å². The molecule has 3 N–H and O–H groups in total. The molecule has 2 fully saturated rings. The molecule has 1 aliphatic heterocycles. The second kappa shape index (κ2) is 6.33. The summed E-state index contributed by atoms with van der Waals surface area (Å²) in [6.45, 7) is 3.14. The number of hydrogen-bond acceptors (Lipinski definition) is 4. The molecule has 0 aromatic carbocycles. The van der Waals surface area contributed by atoms with E-state index in [1.165, 1.54) is 19.3 Å². The summed E-state index contributed by atoms with van der Waals surface area (Å²) in [6.07, 6.45) is 6.51. The molecule has 2 aliphatic rings. The Balaban J connectivity index is 1.78. The van der Waals surface area contributed by atoms with Crippen LogP contribution in [0.15, 0.2) is 0 Å². The van der Waals surface area contributed by atoms with Crippen LogP contribution in [0.3, 0.4) is 0 Å². The monoisotopic (exact) mass is 256 g/mol. The van der Waals surface area contributed by atoms with Gasteiger partial charge in [0.15, 0.2) is 0 Å². The third-order valence-electron chi connectivity index (χ3n) is 4.50. The van der Waals surface area contributed by atoms with Crippen molar-refractivity contribution in [2.45, 2.75) is 50.2 Å². The van der Waals surface area contributed by atoms with Crippen molar-refractivity contribution < 1.29 is 9.84 Å². The van der Waals surface area contributed by atoms with Gasteiger partial charge in [0.2, 0.25) is 0 Å². The summed E-state index contributed by atoms with van der Waals surface area (Å²) in [6, 6.07) is 0.352. The zero-order valence-corrected chi connectivity index (χ0v) is 11.6. The van der Waals surface area contributed by atoms with Gasteiger partial charge in [0, 0.05) is 45.2 Å². The summed E-state index contributed by atoms with van der Waals surface area (Å²) in [4.78, 5) is 2.27. The van der Waals surface area contributed by atoms with Crippen molar-refractivity contribution >= 4 is 0 Å². The van der Waals surface area contributed by atoms with Crippen molar-refractivity contribution in [1.29, 1.82) is 0 Å². The van der Waals surface area contributed by atoms with Crippen molar-refractivity contribution in [1.82, 2.24) is 4.90 Å². The topological polar surface area (TPSA) is 58.7 Å². The highest BCUT2D eigenvalue weighted by atomic mass is 16.5. The van der Waals surface area contributed by atoms with Gasteiger partial charge in [-0.2, -0.15) is 0 Å². The van der Waals surface area contributed by atoms with E-state index in [-0.39, 0.29) is 0 Å². The van der Waals surface area contributed by atoms with Crippen LogP contribution in [0.5, 0.6) is 0 Å². The average molecular weight is 256 g/mol. The number of hydrogen-bond donors (Lipinski definition) is 2. The van der Waals surface area contributed by atoms with E-state index < -0.39 is 5.60 Å². The minimum absolute atomic E-state index is 0.352. The van der Waals surface area contributed by atoms with Crippen molar-refractivity contribution in [3.05, 3.63) is 0 Å². The molecule has 1 aliphatic carbocycles. The summed E-state index contributed by atoms with van der Waals surface area (Å²) < 4.78 is 5.31. The Labute approximate surface area is 110 Å². The normalized spacial score (nSPS) is 32.7. The number of nitrogens with zero attached hydrogens (tertiary/aromatic N) is 1. The van der Waals surface area contributed by atoms with Crippen molar-refractivity contribution in [2.24, 2.45) is 11.7 Å². The van der Waals surface area contributed by atoms with E-state index in [9.17, 15) is 5.11 Å². The van der Waals surface area contributed by atoms with E-state index >= 15 is 0 Å². The van der Waals surface area contributed by atoms with Crippen LogP contribution >= 0.6 is 0 Å². The number of nitrogens with two attached hydrogens (primary N) is 1. The smallest absolute Gasteiger partial charge is 0.0817 e. The second-order valence-corrected chi connectivity index (χ2v) is 6.24. The van der Waals surface area contributed by atoms with E-state index in [0.29, 0.717) is 25.2 Å². The minimum Gasteiger partial charge on any atom is -0.388 e. The largest absolute Gasteiger partial charge is 0.388 e. The fourth-order valence-electron chi connectivity index (χ4n) is 3.34. The molecule has 4 nitrogen and oxygen atoms in total. The molecular weight excluding hydrogens is 228 g/mol. The van der Waals surface area contributed by atoms with Gasteiger partial charge >= 0.3 is 0 Å². The SMILES string of the molecule is CN(CC1CCCCC1N)CC1(O)CCOCC1. The number of aliphatic hydroxyl groups is 1. The van der Waals surface area contributed by atoms with Crippen molar-refractivity contribution in [2.75, 3.05) is 33.4 Å². The van der Waals surface area contributed by atoms with Gasteiger partial charge in [-0.1, -0.05) is 12.8 Å². The van der Waals surface area contributed by atoms with E-state index in [1.807, 2.05) is 0 Å². The minimum atomic E-state index is -0.550. The third-order valence-corrected chi connectivity index (χ3v) is 4.50. The van der Waals surface area contributed by atoms with Gasteiger partial charge in [-0.15, -0.1) is 0 Å². The first-order valence-electron chi connectivity index (χ1n) is 7.33. The molecule has 2 rings (SSSR count). The molecule has 1 saturated heterocycles. The molecule has 0 amide bonds. The standard InChI is InChI=1S/C14H28N2O2/c1-16(10-12-4-2-3-5-13(12)15)11-14(17)6-8-18-9-7-14/h12-13,17H,2-11,15H2,1H3. The summed E-state index contributed by atoms with van der Waals surface area (Å²) in [5.74, 6) is 0.604. The lowest BCUT2D eigenvalue weighted by Crippen LogP contribution is -2.48. The van der Waals surface area contributed by atoms with E-state index in [2.05, 4.69) is 11.9 Å². The quantitative estimate of drug-likeness (QED) is 0.787. The molecule has 18 heavy (non-hydrogen) atoms. The van der Waals surface area contributed by atoms with Crippen LogP contribution in [0.1, 0.15) is 38.5 Å². The van der Waals surface area contributed by atoms with Crippen LogP contribution in [0.25, 0.3) is 0 Å². The molecule has 2 unspecified atom stereocenters. The molecule has 0 aromatic heterocycles. The molecule has 0 bridgehead atoms. The zero-order chi connectivity index (χ0) is 13.0.